The predicted molar refractivity (Wildman–Crippen MR) is 66.4 cm³/mol. The molecule has 0 aromatic heterocycles. The molecule has 0 atom stereocenters. The largest absolute Gasteiger partial charge is 0.294 e. The van der Waals surface area contributed by atoms with Gasteiger partial charge in [0.1, 0.15) is 0 Å². The molecule has 2 aromatic carbocycles. The summed E-state index contributed by atoms with van der Waals surface area (Å²) in [7, 11) is 0. The van der Waals surface area contributed by atoms with E-state index in [-0.39, 0.29) is 5.78 Å². The lowest BCUT2D eigenvalue weighted by Gasteiger charge is -2.08. The van der Waals surface area contributed by atoms with Crippen molar-refractivity contribution in [2.75, 3.05) is 0 Å². The van der Waals surface area contributed by atoms with Crippen molar-refractivity contribution in [1.82, 2.24) is 0 Å². The summed E-state index contributed by atoms with van der Waals surface area (Å²) in [5.41, 5.74) is 3.38. The molecule has 2 aromatic rings. The third-order valence-electron chi connectivity index (χ3n) is 3.33. The molecule has 0 radical (unpaired) electrons. The van der Waals surface area contributed by atoms with Crippen LogP contribution in [-0.2, 0) is 12.8 Å². The molecule has 0 fully saturated rings. The number of Topliss-reactive ketones (excluding diaryl/α,β-unsaturated/α-hetero) is 1. The van der Waals surface area contributed by atoms with Crippen molar-refractivity contribution in [1.29, 1.82) is 0 Å². The molecule has 0 amide bonds. The van der Waals surface area contributed by atoms with E-state index in [2.05, 4.69) is 12.1 Å². The zero-order valence-electron chi connectivity index (χ0n) is 9.01. The summed E-state index contributed by atoms with van der Waals surface area (Å²) < 4.78 is 0. The Morgan fingerprint density at radius 2 is 1.69 bits per heavy atom. The standard InChI is InChI=1S/C14H11ClO/c1-8(16)11-6-4-9-2-3-10-5-7-12(15)14(11)13(9)10/h4-7H,2-3H2,1H3. The molecule has 0 saturated carbocycles. The predicted octanol–water partition coefficient (Wildman–Crippen LogP) is 3.79. The van der Waals surface area contributed by atoms with Crippen molar-refractivity contribution in [3.63, 3.8) is 0 Å². The highest BCUT2D eigenvalue weighted by Crippen LogP contribution is 2.37. The van der Waals surface area contributed by atoms with Crippen LogP contribution in [0.5, 0.6) is 0 Å². The Labute approximate surface area is 99.0 Å². The van der Waals surface area contributed by atoms with Gasteiger partial charge in [0.15, 0.2) is 5.78 Å². The van der Waals surface area contributed by atoms with Crippen molar-refractivity contribution >= 4 is 28.2 Å². The molecule has 0 spiro atoms. The minimum Gasteiger partial charge on any atom is -0.294 e. The molecule has 3 rings (SSSR count). The zero-order valence-corrected chi connectivity index (χ0v) is 9.77. The summed E-state index contributed by atoms with van der Waals surface area (Å²) in [6.07, 6.45) is 2.12. The van der Waals surface area contributed by atoms with Gasteiger partial charge < -0.3 is 0 Å². The van der Waals surface area contributed by atoms with Crippen LogP contribution in [-0.4, -0.2) is 5.78 Å². The average molecular weight is 231 g/mol. The number of carbonyl (C=O) groups excluding carboxylic acids is 1. The molecular weight excluding hydrogens is 220 g/mol. The molecule has 1 aliphatic rings. The Balaban J connectivity index is 2.53. The van der Waals surface area contributed by atoms with E-state index in [0.29, 0.717) is 5.02 Å². The van der Waals surface area contributed by atoms with Gasteiger partial charge in [0.05, 0.1) is 0 Å². The molecule has 0 saturated heterocycles. The highest BCUT2D eigenvalue weighted by molar-refractivity contribution is 6.37. The topological polar surface area (TPSA) is 17.1 Å². The lowest BCUT2D eigenvalue weighted by Crippen LogP contribution is -1.95. The second-order valence-corrected chi connectivity index (χ2v) is 4.69. The van der Waals surface area contributed by atoms with Crippen LogP contribution < -0.4 is 0 Å². The number of aryl methyl sites for hydroxylation is 2. The molecule has 16 heavy (non-hydrogen) atoms. The van der Waals surface area contributed by atoms with Crippen molar-refractivity contribution in [2.24, 2.45) is 0 Å². The molecule has 1 nitrogen and oxygen atoms in total. The molecular formula is C14H11ClO. The summed E-state index contributed by atoms with van der Waals surface area (Å²) >= 11 is 6.23. The van der Waals surface area contributed by atoms with Crippen LogP contribution in [0.2, 0.25) is 5.02 Å². The number of halogens is 1. The van der Waals surface area contributed by atoms with Crippen LogP contribution in [0.15, 0.2) is 24.3 Å². The summed E-state index contributed by atoms with van der Waals surface area (Å²) in [4.78, 5) is 11.6. The first-order valence-electron chi connectivity index (χ1n) is 5.42. The molecule has 0 unspecified atom stereocenters. The third kappa shape index (κ3) is 1.21. The maximum atomic E-state index is 11.6. The first kappa shape index (κ1) is 9.86. The van der Waals surface area contributed by atoms with Gasteiger partial charge >= 0.3 is 0 Å². The van der Waals surface area contributed by atoms with Crippen LogP contribution in [0.25, 0.3) is 10.8 Å². The monoisotopic (exact) mass is 230 g/mol. The van der Waals surface area contributed by atoms with Gasteiger partial charge in [-0.3, -0.25) is 4.79 Å². The van der Waals surface area contributed by atoms with E-state index < -0.39 is 0 Å². The van der Waals surface area contributed by atoms with E-state index in [0.717, 1.165) is 23.8 Å². The molecule has 0 bridgehead atoms. The Morgan fingerprint density at radius 3 is 2.31 bits per heavy atom. The van der Waals surface area contributed by atoms with Crippen LogP contribution in [0.3, 0.4) is 0 Å². The highest BCUT2D eigenvalue weighted by atomic mass is 35.5. The van der Waals surface area contributed by atoms with Gasteiger partial charge in [-0.1, -0.05) is 29.8 Å². The second kappa shape index (κ2) is 3.33. The van der Waals surface area contributed by atoms with E-state index in [1.54, 1.807) is 6.92 Å². The fraction of sp³-hybridized carbons (Fsp3) is 0.214. The molecule has 1 aliphatic carbocycles. The van der Waals surface area contributed by atoms with Gasteiger partial charge in [0.25, 0.3) is 0 Å². The number of carbonyl (C=O) groups is 1. The van der Waals surface area contributed by atoms with Gasteiger partial charge in [0, 0.05) is 16.0 Å². The van der Waals surface area contributed by atoms with Crippen LogP contribution >= 0.6 is 11.6 Å². The molecule has 80 valence electrons. The SMILES string of the molecule is CC(=O)c1ccc2c3c(ccc(Cl)c13)CC2. The van der Waals surface area contributed by atoms with Gasteiger partial charge in [-0.15, -0.1) is 0 Å². The van der Waals surface area contributed by atoms with Gasteiger partial charge in [-0.25, -0.2) is 0 Å². The van der Waals surface area contributed by atoms with Gasteiger partial charge in [-0.05, 0) is 42.3 Å². The fourth-order valence-electron chi connectivity index (χ4n) is 2.58. The average Bonchev–Trinajstić information content (AvgIpc) is 2.67. The maximum absolute atomic E-state index is 11.6. The molecule has 0 heterocycles. The number of rotatable bonds is 1. The number of hydrogen-bond acceptors (Lipinski definition) is 1. The van der Waals surface area contributed by atoms with Crippen molar-refractivity contribution in [3.8, 4) is 0 Å². The van der Waals surface area contributed by atoms with E-state index in [4.69, 9.17) is 11.6 Å². The van der Waals surface area contributed by atoms with E-state index in [1.807, 2.05) is 12.1 Å². The third-order valence-corrected chi connectivity index (χ3v) is 3.64. The summed E-state index contributed by atoms with van der Waals surface area (Å²) in [5.74, 6) is 0.0810. The molecule has 0 aliphatic heterocycles. The zero-order chi connectivity index (χ0) is 11.3. The van der Waals surface area contributed by atoms with Crippen LogP contribution in [0, 0.1) is 0 Å². The highest BCUT2D eigenvalue weighted by Gasteiger charge is 2.19. The Morgan fingerprint density at radius 1 is 1.06 bits per heavy atom. The minimum atomic E-state index is 0.0810. The van der Waals surface area contributed by atoms with Gasteiger partial charge in [-0.2, -0.15) is 0 Å². The van der Waals surface area contributed by atoms with E-state index in [1.165, 1.54) is 16.5 Å². The summed E-state index contributed by atoms with van der Waals surface area (Å²) in [6.45, 7) is 1.59. The smallest absolute Gasteiger partial charge is 0.160 e. The Bertz CT molecular complexity index is 603. The quantitative estimate of drug-likeness (QED) is 0.682. The Hall–Kier alpha value is -1.34. The van der Waals surface area contributed by atoms with E-state index >= 15 is 0 Å². The lowest BCUT2D eigenvalue weighted by atomic mass is 9.98. The van der Waals surface area contributed by atoms with Crippen molar-refractivity contribution in [2.45, 2.75) is 19.8 Å². The fourth-order valence-corrected chi connectivity index (χ4v) is 2.84. The van der Waals surface area contributed by atoms with Gasteiger partial charge in [0.2, 0.25) is 0 Å². The number of benzene rings is 2. The molecule has 2 heteroatoms. The van der Waals surface area contributed by atoms with E-state index in [9.17, 15) is 4.79 Å². The van der Waals surface area contributed by atoms with Crippen LogP contribution in [0.1, 0.15) is 28.4 Å². The molecule has 0 N–H and O–H groups in total. The van der Waals surface area contributed by atoms with Crippen LogP contribution in [0.4, 0.5) is 0 Å². The minimum absolute atomic E-state index is 0.0810. The first-order chi connectivity index (χ1) is 7.68. The van der Waals surface area contributed by atoms with Crippen molar-refractivity contribution < 1.29 is 4.79 Å². The summed E-state index contributed by atoms with van der Waals surface area (Å²) in [5, 5.41) is 2.84. The number of ketones is 1. The first-order valence-corrected chi connectivity index (χ1v) is 5.80. The second-order valence-electron chi connectivity index (χ2n) is 4.28. The normalized spacial score (nSPS) is 13.4. The maximum Gasteiger partial charge on any atom is 0.160 e. The summed E-state index contributed by atoms with van der Waals surface area (Å²) in [6, 6.07) is 7.94. The Kier molecular flexibility index (Phi) is 2.05. The lowest BCUT2D eigenvalue weighted by molar-refractivity contribution is 0.101. The van der Waals surface area contributed by atoms with Crippen molar-refractivity contribution in [3.05, 3.63) is 46.0 Å². The number of hydrogen-bond donors (Lipinski definition) is 0.